The van der Waals surface area contributed by atoms with Crippen LogP contribution in [0.15, 0.2) is 48.5 Å². The van der Waals surface area contributed by atoms with Crippen LogP contribution in [0.5, 0.6) is 0 Å². The number of fused-ring (bicyclic) bond motifs is 1. The van der Waals surface area contributed by atoms with E-state index in [2.05, 4.69) is 10.2 Å². The maximum Gasteiger partial charge on any atom is 0.335 e. The largest absolute Gasteiger partial charge is 0.478 e. The topological polar surface area (TPSA) is 112 Å². The molecular formula is C22H21FN4O3. The fourth-order valence-electron chi connectivity index (χ4n) is 3.86. The normalized spacial score (nSPS) is 13.9. The first-order valence-electron chi connectivity index (χ1n) is 9.62. The Morgan fingerprint density at radius 2 is 1.90 bits per heavy atom. The van der Waals surface area contributed by atoms with Crippen LogP contribution in [-0.2, 0) is 17.9 Å². The van der Waals surface area contributed by atoms with Gasteiger partial charge in [-0.05, 0) is 31.2 Å². The van der Waals surface area contributed by atoms with Crippen LogP contribution in [0.2, 0.25) is 0 Å². The Morgan fingerprint density at radius 3 is 2.57 bits per heavy atom. The second-order valence-corrected chi connectivity index (χ2v) is 7.26. The molecule has 0 radical (unpaired) electrons. The van der Waals surface area contributed by atoms with Crippen LogP contribution in [0.3, 0.4) is 0 Å². The number of rotatable bonds is 6. The first-order chi connectivity index (χ1) is 14.5. The lowest BCUT2D eigenvalue weighted by Crippen LogP contribution is -2.32. The molecule has 3 aromatic rings. The molecule has 2 heterocycles. The van der Waals surface area contributed by atoms with Crippen molar-refractivity contribution in [3.63, 3.8) is 0 Å². The second kappa shape index (κ2) is 8.08. The van der Waals surface area contributed by atoms with Crippen LogP contribution in [0.4, 0.5) is 4.39 Å². The van der Waals surface area contributed by atoms with Gasteiger partial charge in [-0.25, -0.2) is 9.18 Å². The molecule has 1 aliphatic rings. The van der Waals surface area contributed by atoms with Gasteiger partial charge in [0.25, 0.3) is 0 Å². The number of H-pyrrole nitrogens is 1. The van der Waals surface area contributed by atoms with E-state index in [-0.39, 0.29) is 18.0 Å². The number of carbonyl (C=O) groups is 2. The number of carboxylic acid groups (broad SMARTS) is 1. The summed E-state index contributed by atoms with van der Waals surface area (Å²) >= 11 is 0. The van der Waals surface area contributed by atoms with Crippen LogP contribution in [0, 0.1) is 5.82 Å². The first-order valence-corrected chi connectivity index (χ1v) is 9.62. The maximum absolute atomic E-state index is 14.3. The third-order valence-corrected chi connectivity index (χ3v) is 5.40. The number of nitrogens with two attached hydrogens (primary N) is 1. The lowest BCUT2D eigenvalue weighted by molar-refractivity contribution is -0.133. The standard InChI is InChI=1S/C22H21FN4O3/c23-18-4-2-1-3-15(18)16(9-10-24)21(28)27-11-17-19(12-27)25-26-20(17)13-5-7-14(8-6-13)22(29)30/h1-8,16H,9-12,24H2,(H,25,26)(H,29,30). The Bertz CT molecular complexity index is 1090. The third-order valence-electron chi connectivity index (χ3n) is 5.40. The van der Waals surface area contributed by atoms with Gasteiger partial charge in [0.05, 0.1) is 36.0 Å². The summed E-state index contributed by atoms with van der Waals surface area (Å²) in [5.41, 5.74) is 9.39. The fourth-order valence-corrected chi connectivity index (χ4v) is 3.86. The number of nitrogens with zero attached hydrogens (tertiary/aromatic N) is 2. The minimum Gasteiger partial charge on any atom is -0.478 e. The molecule has 2 aromatic carbocycles. The van der Waals surface area contributed by atoms with Gasteiger partial charge in [0.15, 0.2) is 0 Å². The molecule has 1 atom stereocenters. The molecule has 1 unspecified atom stereocenters. The molecule has 4 rings (SSSR count). The molecule has 4 N–H and O–H groups in total. The number of hydrogen-bond acceptors (Lipinski definition) is 4. The van der Waals surface area contributed by atoms with Crippen molar-refractivity contribution in [1.82, 2.24) is 15.1 Å². The Kier molecular flexibility index (Phi) is 5.33. The van der Waals surface area contributed by atoms with Crippen LogP contribution in [0.25, 0.3) is 11.3 Å². The summed E-state index contributed by atoms with van der Waals surface area (Å²) in [5.74, 6) is -2.23. The quantitative estimate of drug-likeness (QED) is 0.581. The van der Waals surface area contributed by atoms with Gasteiger partial charge in [0, 0.05) is 16.7 Å². The van der Waals surface area contributed by atoms with Crippen LogP contribution in [0.1, 0.15) is 39.5 Å². The van der Waals surface area contributed by atoms with E-state index in [0.29, 0.717) is 30.8 Å². The summed E-state index contributed by atoms with van der Waals surface area (Å²) in [6.07, 6.45) is 0.353. The van der Waals surface area contributed by atoms with Gasteiger partial charge in [-0.2, -0.15) is 5.10 Å². The minimum atomic E-state index is -0.996. The molecule has 1 amide bonds. The Morgan fingerprint density at radius 1 is 1.17 bits per heavy atom. The summed E-state index contributed by atoms with van der Waals surface area (Å²) in [5, 5.41) is 16.4. The van der Waals surface area contributed by atoms with E-state index in [4.69, 9.17) is 10.8 Å². The van der Waals surface area contributed by atoms with E-state index in [9.17, 15) is 14.0 Å². The number of aromatic carboxylic acids is 1. The van der Waals surface area contributed by atoms with Crippen molar-refractivity contribution in [2.24, 2.45) is 5.73 Å². The molecule has 1 aliphatic heterocycles. The number of carboxylic acids is 1. The Hall–Kier alpha value is -3.52. The summed E-state index contributed by atoms with van der Waals surface area (Å²) in [6, 6.07) is 12.7. The van der Waals surface area contributed by atoms with Crippen molar-refractivity contribution in [2.75, 3.05) is 6.54 Å². The molecule has 0 spiro atoms. The summed E-state index contributed by atoms with van der Waals surface area (Å²) < 4.78 is 14.3. The molecule has 0 fully saturated rings. The van der Waals surface area contributed by atoms with Crippen molar-refractivity contribution in [3.8, 4) is 11.3 Å². The average Bonchev–Trinajstić information content (AvgIpc) is 3.33. The predicted molar refractivity (Wildman–Crippen MR) is 108 cm³/mol. The molecule has 154 valence electrons. The van der Waals surface area contributed by atoms with Gasteiger partial charge in [0.2, 0.25) is 5.91 Å². The zero-order chi connectivity index (χ0) is 21.3. The van der Waals surface area contributed by atoms with Gasteiger partial charge in [-0.1, -0.05) is 30.3 Å². The Labute approximate surface area is 172 Å². The van der Waals surface area contributed by atoms with Crippen molar-refractivity contribution in [3.05, 3.63) is 76.7 Å². The van der Waals surface area contributed by atoms with E-state index in [1.165, 1.54) is 18.2 Å². The molecule has 0 saturated heterocycles. The van der Waals surface area contributed by atoms with Crippen molar-refractivity contribution in [1.29, 1.82) is 0 Å². The van der Waals surface area contributed by atoms with Crippen molar-refractivity contribution >= 4 is 11.9 Å². The van der Waals surface area contributed by atoms with E-state index >= 15 is 0 Å². The number of aromatic amines is 1. The van der Waals surface area contributed by atoms with Gasteiger partial charge in [-0.15, -0.1) is 0 Å². The highest BCUT2D eigenvalue weighted by molar-refractivity contribution is 5.88. The summed E-state index contributed by atoms with van der Waals surface area (Å²) in [7, 11) is 0. The van der Waals surface area contributed by atoms with E-state index in [1.807, 2.05) is 0 Å². The monoisotopic (exact) mass is 408 g/mol. The van der Waals surface area contributed by atoms with Crippen molar-refractivity contribution < 1.29 is 19.1 Å². The predicted octanol–water partition coefficient (Wildman–Crippen LogP) is 2.89. The number of aromatic nitrogens is 2. The number of nitrogens with one attached hydrogen (secondary N) is 1. The highest BCUT2D eigenvalue weighted by Gasteiger charge is 2.33. The van der Waals surface area contributed by atoms with Crippen LogP contribution < -0.4 is 5.73 Å². The molecular weight excluding hydrogens is 387 g/mol. The smallest absolute Gasteiger partial charge is 0.335 e. The van der Waals surface area contributed by atoms with E-state index in [1.54, 1.807) is 35.2 Å². The number of amides is 1. The van der Waals surface area contributed by atoms with E-state index in [0.717, 1.165) is 16.8 Å². The fraction of sp³-hybridized carbons (Fsp3) is 0.227. The molecule has 1 aromatic heterocycles. The summed E-state index contributed by atoms with van der Waals surface area (Å²) in [6.45, 7) is 0.965. The number of carbonyl (C=O) groups excluding carboxylic acids is 1. The number of benzene rings is 2. The maximum atomic E-state index is 14.3. The second-order valence-electron chi connectivity index (χ2n) is 7.26. The molecule has 0 bridgehead atoms. The first kappa shape index (κ1) is 19.8. The average molecular weight is 408 g/mol. The van der Waals surface area contributed by atoms with E-state index < -0.39 is 17.7 Å². The highest BCUT2D eigenvalue weighted by atomic mass is 19.1. The molecule has 8 heteroatoms. The minimum absolute atomic E-state index is 0.178. The number of hydrogen-bond donors (Lipinski definition) is 3. The van der Waals surface area contributed by atoms with Gasteiger partial charge < -0.3 is 15.7 Å². The molecule has 0 saturated carbocycles. The number of halogens is 1. The zero-order valence-corrected chi connectivity index (χ0v) is 16.1. The Balaban J connectivity index is 1.58. The van der Waals surface area contributed by atoms with Gasteiger partial charge in [-0.3, -0.25) is 9.89 Å². The zero-order valence-electron chi connectivity index (χ0n) is 16.1. The third kappa shape index (κ3) is 3.57. The highest BCUT2D eigenvalue weighted by Crippen LogP contribution is 2.34. The van der Waals surface area contributed by atoms with Crippen LogP contribution in [-0.4, -0.2) is 38.6 Å². The molecule has 30 heavy (non-hydrogen) atoms. The lowest BCUT2D eigenvalue weighted by Gasteiger charge is -2.23. The lowest BCUT2D eigenvalue weighted by atomic mass is 9.93. The molecule has 7 nitrogen and oxygen atoms in total. The van der Waals surface area contributed by atoms with Crippen LogP contribution >= 0.6 is 0 Å². The molecule has 0 aliphatic carbocycles. The summed E-state index contributed by atoms with van der Waals surface area (Å²) in [4.78, 5) is 26.0. The van der Waals surface area contributed by atoms with Gasteiger partial charge in [0.1, 0.15) is 5.82 Å². The van der Waals surface area contributed by atoms with Crippen molar-refractivity contribution in [2.45, 2.75) is 25.4 Å². The SMILES string of the molecule is NCCC(C(=O)N1Cc2[nH]nc(-c3ccc(C(=O)O)cc3)c2C1)c1ccccc1F. The van der Waals surface area contributed by atoms with Gasteiger partial charge >= 0.3 is 5.97 Å².